The van der Waals surface area contributed by atoms with Gasteiger partial charge in [0.1, 0.15) is 0 Å². The van der Waals surface area contributed by atoms with Gasteiger partial charge in [-0.25, -0.2) is 0 Å². The minimum Gasteiger partial charge on any atom is -0.381 e. The summed E-state index contributed by atoms with van der Waals surface area (Å²) in [5.74, 6) is 0.0874. The molecule has 1 unspecified atom stereocenters. The molecule has 2 fully saturated rings. The van der Waals surface area contributed by atoms with Crippen molar-refractivity contribution in [3.63, 3.8) is 0 Å². The van der Waals surface area contributed by atoms with Crippen LogP contribution in [0.2, 0.25) is 0 Å². The maximum absolute atomic E-state index is 13.5. The Hall–Kier alpha value is -1.67. The van der Waals surface area contributed by atoms with Gasteiger partial charge in [0.05, 0.1) is 11.0 Å². The first-order valence-corrected chi connectivity index (χ1v) is 11.0. The highest BCUT2D eigenvalue weighted by molar-refractivity contribution is 5.83. The molecule has 4 rings (SSSR count). The van der Waals surface area contributed by atoms with Gasteiger partial charge >= 0.3 is 6.18 Å². The second-order valence-corrected chi connectivity index (χ2v) is 8.93. The zero-order chi connectivity index (χ0) is 21.4. The molecule has 3 aliphatic rings. The fourth-order valence-corrected chi connectivity index (χ4v) is 5.22. The van der Waals surface area contributed by atoms with E-state index in [1.165, 1.54) is 0 Å². The molecular weight excluding hydrogens is 395 g/mol. The lowest BCUT2D eigenvalue weighted by atomic mass is 9.81. The van der Waals surface area contributed by atoms with Crippen molar-refractivity contribution >= 4 is 5.91 Å². The maximum Gasteiger partial charge on any atom is 0.417 e. The van der Waals surface area contributed by atoms with Crippen molar-refractivity contribution in [2.24, 2.45) is 5.41 Å². The molecule has 1 aromatic heterocycles. The minimum absolute atomic E-state index is 0.0874. The van der Waals surface area contributed by atoms with E-state index in [1.54, 1.807) is 4.90 Å². The van der Waals surface area contributed by atoms with Gasteiger partial charge in [-0.15, -0.1) is 0 Å². The van der Waals surface area contributed by atoms with Gasteiger partial charge in [-0.1, -0.05) is 6.92 Å². The molecule has 3 heterocycles. The Kier molecular flexibility index (Phi) is 6.08. The molecule has 166 valence electrons. The first kappa shape index (κ1) is 21.6. The number of aromatic nitrogens is 1. The molecule has 1 N–H and O–H groups in total. The molecular formula is C22H30F3N3O2. The molecule has 30 heavy (non-hydrogen) atoms. The van der Waals surface area contributed by atoms with Crippen molar-refractivity contribution in [3.05, 3.63) is 29.1 Å². The van der Waals surface area contributed by atoms with Crippen molar-refractivity contribution in [1.82, 2.24) is 15.2 Å². The summed E-state index contributed by atoms with van der Waals surface area (Å²) in [6.07, 6.45) is 2.31. The Morgan fingerprint density at radius 1 is 1.30 bits per heavy atom. The molecule has 1 saturated carbocycles. The minimum atomic E-state index is -4.42. The van der Waals surface area contributed by atoms with Crippen LogP contribution in [0.1, 0.15) is 62.3 Å². The smallest absolute Gasteiger partial charge is 0.381 e. The highest BCUT2D eigenvalue weighted by atomic mass is 19.4. The van der Waals surface area contributed by atoms with E-state index in [0.29, 0.717) is 36.3 Å². The first-order chi connectivity index (χ1) is 14.3. The zero-order valence-corrected chi connectivity index (χ0v) is 17.4. The van der Waals surface area contributed by atoms with Crippen molar-refractivity contribution in [3.8, 4) is 0 Å². The molecule has 0 radical (unpaired) electrons. The van der Waals surface area contributed by atoms with Crippen molar-refractivity contribution < 1.29 is 22.7 Å². The third kappa shape index (κ3) is 4.35. The number of hydrogen-bond donors (Lipinski definition) is 1. The number of amides is 1. The van der Waals surface area contributed by atoms with E-state index < -0.39 is 17.2 Å². The summed E-state index contributed by atoms with van der Waals surface area (Å²) in [5.41, 5.74) is 0.0195. The van der Waals surface area contributed by atoms with Gasteiger partial charge in [0, 0.05) is 56.7 Å². The van der Waals surface area contributed by atoms with E-state index in [2.05, 4.69) is 17.2 Å². The number of nitrogens with one attached hydrogen (secondary N) is 1. The molecule has 5 nitrogen and oxygen atoms in total. The van der Waals surface area contributed by atoms with Crippen molar-refractivity contribution in [1.29, 1.82) is 0 Å². The standard InChI is InChI=1S/C22H30F3N3O2/c1-2-21(7-3-18(12-21)27-17-5-9-30-10-6-17)20(29)28-8-4-19-15(14-28)11-16(13-26-19)22(23,24)25/h11,13,17-18,27H,2-10,12,14H2,1H3/t18?,21-/m0/s1. The molecule has 0 bridgehead atoms. The third-order valence-corrected chi connectivity index (χ3v) is 7.09. The van der Waals surface area contributed by atoms with E-state index in [0.717, 1.165) is 64.0 Å². The van der Waals surface area contributed by atoms with Crippen molar-refractivity contribution in [2.45, 2.75) is 76.7 Å². The van der Waals surface area contributed by atoms with E-state index in [1.807, 2.05) is 0 Å². The third-order valence-electron chi connectivity index (χ3n) is 7.09. The summed E-state index contributed by atoms with van der Waals surface area (Å²) in [7, 11) is 0. The molecule has 0 aromatic carbocycles. The van der Waals surface area contributed by atoms with Gasteiger partial charge in [0.15, 0.2) is 0 Å². The number of carbonyl (C=O) groups is 1. The number of halogens is 3. The molecule has 1 aromatic rings. The van der Waals surface area contributed by atoms with Gasteiger partial charge in [-0.3, -0.25) is 9.78 Å². The summed E-state index contributed by atoms with van der Waals surface area (Å²) in [4.78, 5) is 19.3. The van der Waals surface area contributed by atoms with Crippen LogP contribution >= 0.6 is 0 Å². The predicted molar refractivity (Wildman–Crippen MR) is 106 cm³/mol. The van der Waals surface area contributed by atoms with Crippen LogP contribution in [0.25, 0.3) is 0 Å². The summed E-state index contributed by atoms with van der Waals surface area (Å²) in [6, 6.07) is 1.91. The van der Waals surface area contributed by atoms with Gasteiger partial charge < -0.3 is 15.0 Å². The normalized spacial score (nSPS) is 27.9. The van der Waals surface area contributed by atoms with Gasteiger partial charge in [0.25, 0.3) is 0 Å². The van der Waals surface area contributed by atoms with Crippen LogP contribution in [0.3, 0.4) is 0 Å². The molecule has 8 heteroatoms. The molecule has 2 aliphatic heterocycles. The lowest BCUT2D eigenvalue weighted by molar-refractivity contribution is -0.143. The summed E-state index contributed by atoms with van der Waals surface area (Å²) < 4.78 is 44.7. The van der Waals surface area contributed by atoms with E-state index in [-0.39, 0.29) is 12.5 Å². The number of hydrogen-bond acceptors (Lipinski definition) is 4. The average molecular weight is 425 g/mol. The SMILES string of the molecule is CC[C@]1(C(=O)N2CCc3ncc(C(F)(F)F)cc3C2)CCC(NC2CCOCC2)C1. The van der Waals surface area contributed by atoms with Crippen LogP contribution in [0.15, 0.2) is 12.3 Å². The van der Waals surface area contributed by atoms with Crippen LogP contribution in [0.4, 0.5) is 13.2 Å². The summed E-state index contributed by atoms with van der Waals surface area (Å²) in [6.45, 7) is 4.34. The van der Waals surface area contributed by atoms with Gasteiger partial charge in [-0.05, 0) is 50.2 Å². The number of nitrogens with zero attached hydrogens (tertiary/aromatic N) is 2. The Labute approximate surface area is 175 Å². The highest BCUT2D eigenvalue weighted by Gasteiger charge is 2.46. The number of fused-ring (bicyclic) bond motifs is 1. The lowest BCUT2D eigenvalue weighted by Gasteiger charge is -2.37. The monoisotopic (exact) mass is 425 g/mol. The molecule has 1 saturated heterocycles. The van der Waals surface area contributed by atoms with Crippen LogP contribution in [-0.2, 0) is 28.7 Å². The number of alkyl halides is 3. The van der Waals surface area contributed by atoms with E-state index >= 15 is 0 Å². The number of rotatable bonds is 4. The Balaban J connectivity index is 1.44. The second-order valence-electron chi connectivity index (χ2n) is 8.93. The molecule has 1 aliphatic carbocycles. The van der Waals surface area contributed by atoms with Crippen molar-refractivity contribution in [2.75, 3.05) is 19.8 Å². The van der Waals surface area contributed by atoms with Crippen LogP contribution < -0.4 is 5.32 Å². The molecule has 0 spiro atoms. The number of ether oxygens (including phenoxy) is 1. The topological polar surface area (TPSA) is 54.5 Å². The molecule has 1 amide bonds. The second kappa shape index (κ2) is 8.46. The maximum atomic E-state index is 13.5. The zero-order valence-electron chi connectivity index (χ0n) is 17.4. The fourth-order valence-electron chi connectivity index (χ4n) is 5.22. The summed E-state index contributed by atoms with van der Waals surface area (Å²) >= 11 is 0. The lowest BCUT2D eigenvalue weighted by Crippen LogP contribution is -2.46. The van der Waals surface area contributed by atoms with Crippen LogP contribution in [-0.4, -0.2) is 47.6 Å². The quantitative estimate of drug-likeness (QED) is 0.799. The Morgan fingerprint density at radius 2 is 2.07 bits per heavy atom. The van der Waals surface area contributed by atoms with E-state index in [4.69, 9.17) is 4.74 Å². The Bertz CT molecular complexity index is 779. The largest absolute Gasteiger partial charge is 0.417 e. The van der Waals surface area contributed by atoms with E-state index in [9.17, 15) is 18.0 Å². The Morgan fingerprint density at radius 3 is 2.77 bits per heavy atom. The summed E-state index contributed by atoms with van der Waals surface area (Å²) in [5, 5.41) is 3.72. The average Bonchev–Trinajstić information content (AvgIpc) is 3.16. The van der Waals surface area contributed by atoms with Crippen LogP contribution in [0, 0.1) is 5.41 Å². The van der Waals surface area contributed by atoms with Gasteiger partial charge in [0.2, 0.25) is 5.91 Å². The van der Waals surface area contributed by atoms with Crippen LogP contribution in [0.5, 0.6) is 0 Å². The highest BCUT2D eigenvalue weighted by Crippen LogP contribution is 2.44. The van der Waals surface area contributed by atoms with Gasteiger partial charge in [-0.2, -0.15) is 13.2 Å². The first-order valence-electron chi connectivity index (χ1n) is 11.0. The number of pyridine rings is 1. The predicted octanol–water partition coefficient (Wildman–Crippen LogP) is 3.70. The molecule has 2 atom stereocenters. The fraction of sp³-hybridized carbons (Fsp3) is 0.727. The number of carbonyl (C=O) groups excluding carboxylic acids is 1.